The average Bonchev–Trinajstić information content (AvgIpc) is 2.86. The minimum atomic E-state index is -0.980. The fraction of sp³-hybridized carbons (Fsp3) is 0.500. The van der Waals surface area contributed by atoms with Crippen molar-refractivity contribution >= 4 is 11.8 Å². The molecule has 0 bridgehead atoms. The molecule has 2 atom stereocenters. The van der Waals surface area contributed by atoms with E-state index in [0.29, 0.717) is 6.07 Å². The fourth-order valence-corrected chi connectivity index (χ4v) is 2.84. The minimum absolute atomic E-state index is 0.0227. The monoisotopic (exact) mass is 326 g/mol. The molecule has 1 aliphatic rings. The zero-order valence-electron chi connectivity index (χ0n) is 12.9. The molecule has 1 fully saturated rings. The van der Waals surface area contributed by atoms with E-state index in [1.165, 1.54) is 0 Å². The van der Waals surface area contributed by atoms with Gasteiger partial charge in [-0.1, -0.05) is 13.3 Å². The number of aliphatic hydroxyl groups excluding tert-OH is 1. The molecule has 0 spiro atoms. The van der Waals surface area contributed by atoms with Gasteiger partial charge >= 0.3 is 0 Å². The largest absolute Gasteiger partial charge is 0.396 e. The van der Waals surface area contributed by atoms with E-state index in [0.717, 1.165) is 31.4 Å². The summed E-state index contributed by atoms with van der Waals surface area (Å²) in [5.41, 5.74) is -0.678. The lowest BCUT2D eigenvalue weighted by Crippen LogP contribution is -2.48. The maximum Gasteiger partial charge on any atom is 0.254 e. The van der Waals surface area contributed by atoms with E-state index in [4.69, 9.17) is 0 Å². The second-order valence-corrected chi connectivity index (χ2v) is 6.13. The van der Waals surface area contributed by atoms with Gasteiger partial charge in [-0.25, -0.2) is 8.78 Å². The van der Waals surface area contributed by atoms with Gasteiger partial charge in [0.15, 0.2) is 0 Å². The van der Waals surface area contributed by atoms with Gasteiger partial charge in [-0.05, 0) is 25.0 Å². The molecule has 0 saturated heterocycles. The Morgan fingerprint density at radius 2 is 2.13 bits per heavy atom. The van der Waals surface area contributed by atoms with Gasteiger partial charge in [0.2, 0.25) is 5.91 Å². The van der Waals surface area contributed by atoms with E-state index >= 15 is 0 Å². The third-order valence-corrected chi connectivity index (χ3v) is 4.36. The molecule has 7 heteroatoms. The first-order valence-corrected chi connectivity index (χ1v) is 7.49. The van der Waals surface area contributed by atoms with Crippen LogP contribution < -0.4 is 10.6 Å². The van der Waals surface area contributed by atoms with Crippen LogP contribution in [0.3, 0.4) is 0 Å². The molecule has 1 aromatic rings. The van der Waals surface area contributed by atoms with E-state index in [1.807, 2.05) is 6.92 Å². The van der Waals surface area contributed by atoms with Crippen LogP contribution in [0.5, 0.6) is 0 Å². The number of rotatable bonds is 5. The normalized spacial score (nSPS) is 23.6. The van der Waals surface area contributed by atoms with Crippen LogP contribution in [-0.2, 0) is 4.79 Å². The Labute approximate surface area is 133 Å². The van der Waals surface area contributed by atoms with Gasteiger partial charge in [0.1, 0.15) is 11.6 Å². The number of amides is 2. The van der Waals surface area contributed by atoms with Crippen molar-refractivity contribution in [3.05, 3.63) is 35.4 Å². The van der Waals surface area contributed by atoms with Gasteiger partial charge in [0, 0.05) is 17.5 Å². The Kier molecular flexibility index (Phi) is 5.30. The topological polar surface area (TPSA) is 78.4 Å². The summed E-state index contributed by atoms with van der Waals surface area (Å²) in [5.74, 6) is -2.95. The molecular formula is C16H20F2N2O3. The van der Waals surface area contributed by atoms with Crippen molar-refractivity contribution in [3.8, 4) is 0 Å². The van der Waals surface area contributed by atoms with E-state index in [1.54, 1.807) is 0 Å². The molecule has 5 nitrogen and oxygen atoms in total. The smallest absolute Gasteiger partial charge is 0.254 e. The molecule has 0 heterocycles. The first-order chi connectivity index (χ1) is 10.9. The minimum Gasteiger partial charge on any atom is -0.396 e. The third kappa shape index (κ3) is 4.04. The number of halogens is 2. The molecule has 1 aliphatic carbocycles. The van der Waals surface area contributed by atoms with Crippen molar-refractivity contribution < 1.29 is 23.5 Å². The predicted octanol–water partition coefficient (Wildman–Crippen LogP) is 1.36. The number of aliphatic hydroxyl groups is 1. The van der Waals surface area contributed by atoms with Crippen LogP contribution in [-0.4, -0.2) is 36.1 Å². The Morgan fingerprint density at radius 3 is 2.78 bits per heavy atom. The molecule has 3 N–H and O–H groups in total. The molecule has 0 radical (unpaired) electrons. The molecule has 0 aliphatic heterocycles. The zero-order chi connectivity index (χ0) is 17.0. The molecular weight excluding hydrogens is 306 g/mol. The highest BCUT2D eigenvalue weighted by atomic mass is 19.1. The van der Waals surface area contributed by atoms with Crippen LogP contribution >= 0.6 is 0 Å². The van der Waals surface area contributed by atoms with Crippen LogP contribution in [0.4, 0.5) is 8.78 Å². The Balaban J connectivity index is 1.88. The Bertz CT molecular complexity index is 609. The third-order valence-electron chi connectivity index (χ3n) is 4.36. The highest BCUT2D eigenvalue weighted by Crippen LogP contribution is 2.37. The van der Waals surface area contributed by atoms with E-state index in [-0.39, 0.29) is 30.2 Å². The lowest BCUT2D eigenvalue weighted by molar-refractivity contribution is -0.121. The maximum atomic E-state index is 13.5. The predicted molar refractivity (Wildman–Crippen MR) is 79.7 cm³/mol. The number of carbonyl (C=O) groups excluding carboxylic acids is 2. The van der Waals surface area contributed by atoms with Gasteiger partial charge in [-0.15, -0.1) is 0 Å². The van der Waals surface area contributed by atoms with Crippen LogP contribution in [0.2, 0.25) is 0 Å². The molecule has 2 rings (SSSR count). The van der Waals surface area contributed by atoms with Crippen LogP contribution in [0.25, 0.3) is 0 Å². The first kappa shape index (κ1) is 17.3. The molecule has 1 aromatic carbocycles. The van der Waals surface area contributed by atoms with Crippen LogP contribution in [0.15, 0.2) is 18.2 Å². The second kappa shape index (κ2) is 7.04. The summed E-state index contributed by atoms with van der Waals surface area (Å²) >= 11 is 0. The highest BCUT2D eigenvalue weighted by molar-refractivity contribution is 5.96. The number of hydrogen-bond acceptors (Lipinski definition) is 3. The molecule has 2 unspecified atom stereocenters. The summed E-state index contributed by atoms with van der Waals surface area (Å²) in [5, 5.41) is 14.5. The summed E-state index contributed by atoms with van der Waals surface area (Å²) in [6.45, 7) is 1.57. The summed E-state index contributed by atoms with van der Waals surface area (Å²) in [7, 11) is 0. The lowest BCUT2D eigenvalue weighted by Gasteiger charge is -2.30. The summed E-state index contributed by atoms with van der Waals surface area (Å²) in [6.07, 6.45) is 2.50. The molecule has 23 heavy (non-hydrogen) atoms. The molecule has 0 aromatic heterocycles. The first-order valence-electron chi connectivity index (χ1n) is 7.49. The number of hydrogen-bond donors (Lipinski definition) is 3. The van der Waals surface area contributed by atoms with Gasteiger partial charge < -0.3 is 15.7 Å². The lowest BCUT2D eigenvalue weighted by atomic mass is 9.86. The van der Waals surface area contributed by atoms with Crippen molar-refractivity contribution in [2.45, 2.75) is 32.2 Å². The number of carbonyl (C=O) groups is 2. The fourth-order valence-electron chi connectivity index (χ4n) is 2.84. The van der Waals surface area contributed by atoms with Gasteiger partial charge in [0.05, 0.1) is 18.7 Å². The van der Waals surface area contributed by atoms with E-state index in [9.17, 15) is 23.5 Å². The number of benzene rings is 1. The van der Waals surface area contributed by atoms with Gasteiger partial charge in [-0.2, -0.15) is 0 Å². The standard InChI is InChI=1S/C16H20F2N2O3/c1-16(9-21)6-2-3-13(16)20-14(22)8-19-15(23)11-5-4-10(17)7-12(11)18/h4-5,7,13,21H,2-3,6,8-9H2,1H3,(H,19,23)(H,20,22). The van der Waals surface area contributed by atoms with Crippen LogP contribution in [0.1, 0.15) is 36.5 Å². The second-order valence-electron chi connectivity index (χ2n) is 6.13. The van der Waals surface area contributed by atoms with E-state index in [2.05, 4.69) is 10.6 Å². The van der Waals surface area contributed by atoms with E-state index < -0.39 is 23.4 Å². The van der Waals surface area contributed by atoms with Gasteiger partial charge in [0.25, 0.3) is 5.91 Å². The van der Waals surface area contributed by atoms with Gasteiger partial charge in [-0.3, -0.25) is 9.59 Å². The van der Waals surface area contributed by atoms with Crippen molar-refractivity contribution in [1.29, 1.82) is 0 Å². The summed E-state index contributed by atoms with van der Waals surface area (Å²) < 4.78 is 26.3. The Hall–Kier alpha value is -2.02. The summed E-state index contributed by atoms with van der Waals surface area (Å²) in [6, 6.07) is 2.46. The summed E-state index contributed by atoms with van der Waals surface area (Å²) in [4.78, 5) is 23.7. The Morgan fingerprint density at radius 1 is 1.39 bits per heavy atom. The molecule has 2 amide bonds. The zero-order valence-corrected chi connectivity index (χ0v) is 12.9. The average molecular weight is 326 g/mol. The van der Waals surface area contributed by atoms with Crippen molar-refractivity contribution in [2.24, 2.45) is 5.41 Å². The maximum absolute atomic E-state index is 13.5. The van der Waals surface area contributed by atoms with Crippen LogP contribution in [0, 0.1) is 17.0 Å². The quantitative estimate of drug-likeness (QED) is 0.764. The number of nitrogens with one attached hydrogen (secondary N) is 2. The van der Waals surface area contributed by atoms with Crippen molar-refractivity contribution in [3.63, 3.8) is 0 Å². The molecule has 1 saturated carbocycles. The highest BCUT2D eigenvalue weighted by Gasteiger charge is 2.38. The SMILES string of the molecule is CC1(CO)CCCC1NC(=O)CNC(=O)c1ccc(F)cc1F. The van der Waals surface area contributed by atoms with Crippen molar-refractivity contribution in [2.75, 3.05) is 13.2 Å². The molecule has 126 valence electrons. The van der Waals surface area contributed by atoms with Crippen molar-refractivity contribution in [1.82, 2.24) is 10.6 Å².